The van der Waals surface area contributed by atoms with E-state index >= 15 is 0 Å². The topological polar surface area (TPSA) is 115 Å². The molecule has 0 heterocycles. The Hall–Kier alpha value is -3.29. The van der Waals surface area contributed by atoms with Crippen molar-refractivity contribution in [3.63, 3.8) is 0 Å². The highest BCUT2D eigenvalue weighted by Crippen LogP contribution is 2.25. The van der Waals surface area contributed by atoms with Gasteiger partial charge in [-0.05, 0) is 25.1 Å². The summed E-state index contributed by atoms with van der Waals surface area (Å²) in [4.78, 5) is 32.5. The zero-order valence-corrected chi connectivity index (χ0v) is 12.9. The summed E-state index contributed by atoms with van der Waals surface area (Å²) >= 11 is 0. The molecule has 0 unspecified atom stereocenters. The van der Waals surface area contributed by atoms with Crippen molar-refractivity contribution in [1.82, 2.24) is 0 Å². The Labute approximate surface area is 137 Å². The van der Waals surface area contributed by atoms with Gasteiger partial charge in [0.1, 0.15) is 0 Å². The van der Waals surface area contributed by atoms with Crippen molar-refractivity contribution in [2.75, 3.05) is 11.9 Å². The summed E-state index contributed by atoms with van der Waals surface area (Å²) in [5.74, 6) is -0.166. The van der Waals surface area contributed by atoms with E-state index in [9.17, 15) is 25.0 Å². The van der Waals surface area contributed by atoms with Crippen molar-refractivity contribution >= 4 is 22.8 Å². The standard InChI is InChI=1S/C16H15N3O5/c1-11-14(3-2-4-15(11)19(23)24)17-10-9-16(20)12-5-7-13(8-6-12)18(21)22/h2-8,17H,9-10H2,1H3. The number of Topliss-reactive ketones (excluding diaryl/α,β-unsaturated/α-hetero) is 1. The molecule has 2 aromatic carbocycles. The molecule has 0 amide bonds. The second kappa shape index (κ2) is 7.32. The lowest BCUT2D eigenvalue weighted by atomic mass is 10.1. The number of nitro groups is 2. The molecule has 0 aromatic heterocycles. The summed E-state index contributed by atoms with van der Waals surface area (Å²) < 4.78 is 0. The van der Waals surface area contributed by atoms with Crippen LogP contribution in [0.15, 0.2) is 42.5 Å². The second-order valence-electron chi connectivity index (χ2n) is 5.11. The minimum absolute atomic E-state index is 0.0155. The van der Waals surface area contributed by atoms with Gasteiger partial charge in [-0.3, -0.25) is 25.0 Å². The molecule has 0 atom stereocenters. The number of carbonyl (C=O) groups excluding carboxylic acids is 1. The van der Waals surface area contributed by atoms with E-state index in [1.807, 2.05) is 0 Å². The van der Waals surface area contributed by atoms with E-state index in [0.29, 0.717) is 23.4 Å². The first-order valence-electron chi connectivity index (χ1n) is 7.15. The van der Waals surface area contributed by atoms with Crippen molar-refractivity contribution in [1.29, 1.82) is 0 Å². The van der Waals surface area contributed by atoms with Crippen molar-refractivity contribution in [3.05, 3.63) is 73.8 Å². The minimum atomic E-state index is -0.527. The number of hydrogen-bond acceptors (Lipinski definition) is 6. The molecule has 2 rings (SSSR count). The van der Waals surface area contributed by atoms with Crippen LogP contribution >= 0.6 is 0 Å². The Morgan fingerprint density at radius 2 is 1.71 bits per heavy atom. The van der Waals surface area contributed by atoms with Crippen molar-refractivity contribution in [2.45, 2.75) is 13.3 Å². The van der Waals surface area contributed by atoms with Crippen molar-refractivity contribution < 1.29 is 14.6 Å². The first-order valence-corrected chi connectivity index (χ1v) is 7.15. The number of benzene rings is 2. The molecule has 0 saturated heterocycles. The van der Waals surface area contributed by atoms with E-state index in [-0.39, 0.29) is 23.6 Å². The molecule has 0 bridgehead atoms. The number of non-ortho nitro benzene ring substituents is 1. The number of carbonyl (C=O) groups is 1. The lowest BCUT2D eigenvalue weighted by Gasteiger charge is -2.09. The summed E-state index contributed by atoms with van der Waals surface area (Å²) in [6, 6.07) is 10.1. The molecule has 24 heavy (non-hydrogen) atoms. The highest BCUT2D eigenvalue weighted by atomic mass is 16.6. The quantitative estimate of drug-likeness (QED) is 0.472. The largest absolute Gasteiger partial charge is 0.384 e. The third-order valence-corrected chi connectivity index (χ3v) is 3.57. The van der Waals surface area contributed by atoms with Gasteiger partial charge in [0.2, 0.25) is 0 Å². The van der Waals surface area contributed by atoms with Crippen LogP contribution in [0.5, 0.6) is 0 Å². The summed E-state index contributed by atoms with van der Waals surface area (Å²) in [6.45, 7) is 1.94. The van der Waals surface area contributed by atoms with E-state index in [1.165, 1.54) is 30.3 Å². The van der Waals surface area contributed by atoms with Gasteiger partial charge in [-0.25, -0.2) is 0 Å². The van der Waals surface area contributed by atoms with Gasteiger partial charge >= 0.3 is 0 Å². The van der Waals surface area contributed by atoms with Crippen molar-refractivity contribution in [3.8, 4) is 0 Å². The molecule has 0 aliphatic carbocycles. The van der Waals surface area contributed by atoms with Gasteiger partial charge in [0.15, 0.2) is 5.78 Å². The number of nitrogens with zero attached hydrogens (tertiary/aromatic N) is 2. The van der Waals surface area contributed by atoms with Crippen LogP contribution in [0.1, 0.15) is 22.3 Å². The van der Waals surface area contributed by atoms with Crippen LogP contribution in [0.25, 0.3) is 0 Å². The van der Waals surface area contributed by atoms with Crippen LogP contribution in [0.4, 0.5) is 17.1 Å². The average Bonchev–Trinajstić information content (AvgIpc) is 2.56. The molecule has 0 saturated carbocycles. The Morgan fingerprint density at radius 1 is 1.04 bits per heavy atom. The van der Waals surface area contributed by atoms with Gasteiger partial charge in [-0.2, -0.15) is 0 Å². The van der Waals surface area contributed by atoms with Gasteiger partial charge in [-0.15, -0.1) is 0 Å². The maximum Gasteiger partial charge on any atom is 0.274 e. The third-order valence-electron chi connectivity index (χ3n) is 3.57. The van der Waals surface area contributed by atoms with Crippen LogP contribution in [-0.4, -0.2) is 22.2 Å². The highest BCUT2D eigenvalue weighted by Gasteiger charge is 2.13. The molecule has 0 aliphatic heterocycles. The molecule has 8 nitrogen and oxygen atoms in total. The molecule has 0 aliphatic rings. The zero-order chi connectivity index (χ0) is 17.7. The zero-order valence-electron chi connectivity index (χ0n) is 12.9. The molecule has 1 N–H and O–H groups in total. The molecule has 0 fully saturated rings. The normalized spacial score (nSPS) is 10.2. The average molecular weight is 329 g/mol. The maximum absolute atomic E-state index is 12.1. The maximum atomic E-state index is 12.1. The van der Waals surface area contributed by atoms with Crippen LogP contribution in [-0.2, 0) is 0 Å². The fraction of sp³-hybridized carbons (Fsp3) is 0.188. The monoisotopic (exact) mass is 329 g/mol. The summed E-state index contributed by atoms with van der Waals surface area (Å²) in [5, 5.41) is 24.5. The summed E-state index contributed by atoms with van der Waals surface area (Å²) in [6.07, 6.45) is 0.167. The molecular formula is C16H15N3O5. The van der Waals surface area contributed by atoms with E-state index in [4.69, 9.17) is 0 Å². The number of nitrogens with one attached hydrogen (secondary N) is 1. The third kappa shape index (κ3) is 3.92. The van der Waals surface area contributed by atoms with Gasteiger partial charge in [-0.1, -0.05) is 6.07 Å². The molecule has 0 radical (unpaired) electrons. The summed E-state index contributed by atoms with van der Waals surface area (Å²) in [7, 11) is 0. The minimum Gasteiger partial charge on any atom is -0.384 e. The number of anilines is 1. The smallest absolute Gasteiger partial charge is 0.274 e. The number of nitro benzene ring substituents is 2. The van der Waals surface area contributed by atoms with Crippen molar-refractivity contribution in [2.24, 2.45) is 0 Å². The van der Waals surface area contributed by atoms with Gasteiger partial charge in [0.05, 0.1) is 9.85 Å². The Balaban J connectivity index is 1.97. The molecular weight excluding hydrogens is 314 g/mol. The molecule has 2 aromatic rings. The van der Waals surface area contributed by atoms with E-state index in [2.05, 4.69) is 5.32 Å². The lowest BCUT2D eigenvalue weighted by Crippen LogP contribution is -2.10. The van der Waals surface area contributed by atoms with Gasteiger partial charge in [0.25, 0.3) is 11.4 Å². The van der Waals surface area contributed by atoms with Crippen LogP contribution < -0.4 is 5.32 Å². The molecule has 0 spiro atoms. The van der Waals surface area contributed by atoms with Crippen LogP contribution in [0, 0.1) is 27.2 Å². The summed E-state index contributed by atoms with van der Waals surface area (Å²) in [5.41, 5.74) is 1.43. The van der Waals surface area contributed by atoms with Crippen LogP contribution in [0.2, 0.25) is 0 Å². The second-order valence-corrected chi connectivity index (χ2v) is 5.11. The SMILES string of the molecule is Cc1c(NCCC(=O)c2ccc([N+](=O)[O-])cc2)cccc1[N+](=O)[O-]. The predicted octanol–water partition coefficient (Wildman–Crippen LogP) is 3.50. The Kier molecular flexibility index (Phi) is 5.20. The molecule has 124 valence electrons. The number of ketones is 1. The Bertz CT molecular complexity index is 787. The van der Waals surface area contributed by atoms with E-state index in [1.54, 1.807) is 19.1 Å². The van der Waals surface area contributed by atoms with E-state index in [0.717, 1.165) is 0 Å². The fourth-order valence-corrected chi connectivity index (χ4v) is 2.24. The highest BCUT2D eigenvalue weighted by molar-refractivity contribution is 5.96. The van der Waals surface area contributed by atoms with Gasteiger partial charge < -0.3 is 5.32 Å². The Morgan fingerprint density at radius 3 is 2.29 bits per heavy atom. The molecule has 8 heteroatoms. The predicted molar refractivity (Wildman–Crippen MR) is 88.4 cm³/mol. The first kappa shape index (κ1) is 17.1. The first-order chi connectivity index (χ1) is 11.4. The number of rotatable bonds is 7. The fourth-order valence-electron chi connectivity index (χ4n) is 2.24. The van der Waals surface area contributed by atoms with Crippen LogP contribution in [0.3, 0.4) is 0 Å². The lowest BCUT2D eigenvalue weighted by molar-refractivity contribution is -0.385. The van der Waals surface area contributed by atoms with E-state index < -0.39 is 9.85 Å². The van der Waals surface area contributed by atoms with Gasteiger partial charge in [0, 0.05) is 48.0 Å². The number of hydrogen-bond donors (Lipinski definition) is 1.